The fourth-order valence-corrected chi connectivity index (χ4v) is 2.51. The summed E-state index contributed by atoms with van der Waals surface area (Å²) in [4.78, 5) is 0. The molecule has 0 radical (unpaired) electrons. The van der Waals surface area contributed by atoms with Crippen molar-refractivity contribution in [2.45, 2.75) is 51.0 Å². The molecule has 0 spiro atoms. The number of nitrogens with one attached hydrogen (secondary N) is 1. The summed E-state index contributed by atoms with van der Waals surface area (Å²) < 4.78 is 0. The lowest BCUT2D eigenvalue weighted by Crippen LogP contribution is -2.20. The summed E-state index contributed by atoms with van der Waals surface area (Å²) in [6.07, 6.45) is 9.32. The van der Waals surface area contributed by atoms with Gasteiger partial charge < -0.3 is 5.32 Å². The molecule has 0 unspecified atom stereocenters. The second-order valence-corrected chi connectivity index (χ2v) is 4.88. The highest BCUT2D eigenvalue weighted by Crippen LogP contribution is 2.21. The van der Waals surface area contributed by atoms with Gasteiger partial charge in [0.25, 0.3) is 0 Å². The minimum absolute atomic E-state index is 0.587. The molecule has 0 atom stereocenters. The van der Waals surface area contributed by atoms with Gasteiger partial charge in [0.15, 0.2) is 0 Å². The van der Waals surface area contributed by atoms with E-state index in [1.807, 2.05) is 18.2 Å². The van der Waals surface area contributed by atoms with E-state index in [4.69, 9.17) is 5.26 Å². The minimum Gasteiger partial charge on any atom is -0.382 e. The second-order valence-electron chi connectivity index (χ2n) is 4.88. The molecule has 90 valence electrons. The molecule has 1 fully saturated rings. The van der Waals surface area contributed by atoms with E-state index in [9.17, 15) is 0 Å². The fraction of sp³-hybridized carbons (Fsp3) is 0.533. The van der Waals surface area contributed by atoms with Gasteiger partial charge in [0, 0.05) is 11.7 Å². The maximum atomic E-state index is 8.87. The first kappa shape index (κ1) is 12.0. The van der Waals surface area contributed by atoms with E-state index >= 15 is 0 Å². The molecule has 0 aliphatic heterocycles. The first-order valence-corrected chi connectivity index (χ1v) is 6.65. The molecule has 1 saturated carbocycles. The van der Waals surface area contributed by atoms with Crippen LogP contribution < -0.4 is 5.32 Å². The lowest BCUT2D eigenvalue weighted by molar-refractivity contribution is 0.471. The third-order valence-electron chi connectivity index (χ3n) is 3.47. The second kappa shape index (κ2) is 6.30. The van der Waals surface area contributed by atoms with Crippen molar-refractivity contribution in [3.8, 4) is 6.07 Å². The Balaban J connectivity index is 1.96. The molecule has 17 heavy (non-hydrogen) atoms. The highest BCUT2D eigenvalue weighted by Gasteiger charge is 2.10. The van der Waals surface area contributed by atoms with E-state index in [-0.39, 0.29) is 0 Å². The van der Waals surface area contributed by atoms with Gasteiger partial charge in [0.1, 0.15) is 0 Å². The molecule has 1 N–H and O–H groups in total. The average Bonchev–Trinajstić information content (AvgIpc) is 2.33. The Morgan fingerprint density at radius 2 is 1.76 bits per heavy atom. The number of benzene rings is 1. The van der Waals surface area contributed by atoms with Crippen molar-refractivity contribution in [3.05, 3.63) is 29.8 Å². The molecule has 2 rings (SSSR count). The molecule has 1 aliphatic carbocycles. The van der Waals surface area contributed by atoms with Crippen molar-refractivity contribution in [1.29, 1.82) is 5.26 Å². The van der Waals surface area contributed by atoms with E-state index < -0.39 is 0 Å². The van der Waals surface area contributed by atoms with Crippen molar-refractivity contribution in [2.24, 2.45) is 0 Å². The number of hydrogen-bond donors (Lipinski definition) is 1. The molecule has 0 bridgehead atoms. The van der Waals surface area contributed by atoms with Crippen LogP contribution in [-0.2, 0) is 0 Å². The monoisotopic (exact) mass is 228 g/mol. The summed E-state index contributed by atoms with van der Waals surface area (Å²) in [5.74, 6) is 0. The average molecular weight is 228 g/mol. The van der Waals surface area contributed by atoms with Gasteiger partial charge >= 0.3 is 0 Å². The summed E-state index contributed by atoms with van der Waals surface area (Å²) in [6.45, 7) is 0. The molecule has 2 heteroatoms. The Bertz CT molecular complexity index is 384. The third kappa shape index (κ3) is 3.78. The van der Waals surface area contributed by atoms with Crippen LogP contribution in [0.4, 0.5) is 5.69 Å². The Kier molecular flexibility index (Phi) is 4.44. The summed E-state index contributed by atoms with van der Waals surface area (Å²) in [7, 11) is 0. The maximum Gasteiger partial charge on any atom is 0.0992 e. The molecule has 0 aromatic heterocycles. The Morgan fingerprint density at radius 1 is 1.06 bits per heavy atom. The Morgan fingerprint density at radius 3 is 2.47 bits per heavy atom. The van der Waals surface area contributed by atoms with E-state index in [1.54, 1.807) is 0 Å². The number of rotatable bonds is 2. The highest BCUT2D eigenvalue weighted by atomic mass is 14.9. The van der Waals surface area contributed by atoms with E-state index in [1.165, 1.54) is 44.9 Å². The van der Waals surface area contributed by atoms with Crippen molar-refractivity contribution >= 4 is 5.69 Å². The maximum absolute atomic E-state index is 8.87. The van der Waals surface area contributed by atoms with Crippen LogP contribution in [-0.4, -0.2) is 6.04 Å². The minimum atomic E-state index is 0.587. The molecule has 1 aromatic carbocycles. The van der Waals surface area contributed by atoms with Gasteiger partial charge in [-0.25, -0.2) is 0 Å². The largest absolute Gasteiger partial charge is 0.382 e. The van der Waals surface area contributed by atoms with Gasteiger partial charge in [-0.3, -0.25) is 0 Å². The van der Waals surface area contributed by atoms with Gasteiger partial charge in [-0.05, 0) is 31.0 Å². The van der Waals surface area contributed by atoms with Crippen molar-refractivity contribution in [1.82, 2.24) is 0 Å². The summed E-state index contributed by atoms with van der Waals surface area (Å²) >= 11 is 0. The van der Waals surface area contributed by atoms with Crippen LogP contribution in [0.15, 0.2) is 24.3 Å². The molecule has 2 nitrogen and oxygen atoms in total. The van der Waals surface area contributed by atoms with E-state index in [2.05, 4.69) is 17.5 Å². The molecule has 0 heterocycles. The summed E-state index contributed by atoms with van der Waals surface area (Å²) in [5, 5.41) is 12.4. The first-order valence-electron chi connectivity index (χ1n) is 6.65. The van der Waals surface area contributed by atoms with Crippen LogP contribution in [0.5, 0.6) is 0 Å². The highest BCUT2D eigenvalue weighted by molar-refractivity contribution is 5.49. The molecule has 0 saturated heterocycles. The zero-order chi connectivity index (χ0) is 11.9. The van der Waals surface area contributed by atoms with Crippen LogP contribution >= 0.6 is 0 Å². The SMILES string of the molecule is N#Cc1cccc(NC2CCCCCCC2)c1. The van der Waals surface area contributed by atoms with Crippen molar-refractivity contribution in [3.63, 3.8) is 0 Å². The molecule has 0 amide bonds. The van der Waals surface area contributed by atoms with E-state index in [0.717, 1.165) is 11.3 Å². The Labute approximate surface area is 104 Å². The lowest BCUT2D eigenvalue weighted by Gasteiger charge is -2.22. The molecule has 1 aromatic rings. The topological polar surface area (TPSA) is 35.8 Å². The Hall–Kier alpha value is -1.49. The zero-order valence-corrected chi connectivity index (χ0v) is 10.3. The number of nitriles is 1. The quantitative estimate of drug-likeness (QED) is 0.827. The number of anilines is 1. The van der Waals surface area contributed by atoms with Crippen LogP contribution in [0.3, 0.4) is 0 Å². The van der Waals surface area contributed by atoms with Crippen LogP contribution in [0, 0.1) is 11.3 Å². The molecular formula is C15H20N2. The van der Waals surface area contributed by atoms with Crippen LogP contribution in [0.25, 0.3) is 0 Å². The van der Waals surface area contributed by atoms with Crippen molar-refractivity contribution in [2.75, 3.05) is 5.32 Å². The predicted molar refractivity (Wildman–Crippen MR) is 70.9 cm³/mol. The van der Waals surface area contributed by atoms with Crippen LogP contribution in [0.1, 0.15) is 50.5 Å². The van der Waals surface area contributed by atoms with Gasteiger partial charge in [-0.1, -0.05) is 38.2 Å². The van der Waals surface area contributed by atoms with Crippen LogP contribution in [0.2, 0.25) is 0 Å². The number of nitrogens with zero attached hydrogens (tertiary/aromatic N) is 1. The predicted octanol–water partition coefficient (Wildman–Crippen LogP) is 4.08. The fourth-order valence-electron chi connectivity index (χ4n) is 2.51. The van der Waals surface area contributed by atoms with E-state index in [0.29, 0.717) is 6.04 Å². The first-order chi connectivity index (χ1) is 8.38. The smallest absolute Gasteiger partial charge is 0.0992 e. The van der Waals surface area contributed by atoms with Gasteiger partial charge in [-0.15, -0.1) is 0 Å². The molecular weight excluding hydrogens is 208 g/mol. The number of hydrogen-bond acceptors (Lipinski definition) is 2. The van der Waals surface area contributed by atoms with Gasteiger partial charge in [0.05, 0.1) is 11.6 Å². The van der Waals surface area contributed by atoms with Gasteiger partial charge in [-0.2, -0.15) is 5.26 Å². The molecule has 1 aliphatic rings. The van der Waals surface area contributed by atoms with Crippen molar-refractivity contribution < 1.29 is 0 Å². The summed E-state index contributed by atoms with van der Waals surface area (Å²) in [5.41, 5.74) is 1.83. The normalized spacial score (nSPS) is 17.8. The third-order valence-corrected chi connectivity index (χ3v) is 3.47. The standard InChI is InChI=1S/C15H20N2/c16-12-13-7-6-10-15(11-13)17-14-8-4-2-1-3-5-9-14/h6-7,10-11,14,17H,1-5,8-9H2. The summed E-state index contributed by atoms with van der Waals surface area (Å²) in [6, 6.07) is 10.6. The zero-order valence-electron chi connectivity index (χ0n) is 10.3. The lowest BCUT2D eigenvalue weighted by atomic mass is 9.96. The van der Waals surface area contributed by atoms with Gasteiger partial charge in [0.2, 0.25) is 0 Å².